The van der Waals surface area contributed by atoms with Crippen LogP contribution in [0.2, 0.25) is 0 Å². The van der Waals surface area contributed by atoms with Crippen LogP contribution in [0.15, 0.2) is 18.2 Å². The van der Waals surface area contributed by atoms with E-state index in [1.807, 2.05) is 6.92 Å². The second kappa shape index (κ2) is 6.86. The van der Waals surface area contributed by atoms with Crippen LogP contribution in [-0.4, -0.2) is 33.6 Å². The van der Waals surface area contributed by atoms with Crippen LogP contribution >= 0.6 is 0 Å². The van der Waals surface area contributed by atoms with Crippen LogP contribution in [-0.2, 0) is 9.84 Å². The van der Waals surface area contributed by atoms with Crippen molar-refractivity contribution in [1.29, 1.82) is 0 Å². The van der Waals surface area contributed by atoms with E-state index in [4.69, 9.17) is 4.74 Å². The first-order valence-corrected chi connectivity index (χ1v) is 8.01. The fourth-order valence-electron chi connectivity index (χ4n) is 1.54. The molecule has 0 saturated carbocycles. The first-order valence-electron chi connectivity index (χ1n) is 6.19. The number of rotatable bonds is 7. The third kappa shape index (κ3) is 4.80. The maximum atomic E-state index is 13.8. The monoisotopic (exact) mass is 289 g/mol. The van der Waals surface area contributed by atoms with Gasteiger partial charge in [-0.05, 0) is 20.0 Å². The van der Waals surface area contributed by atoms with Gasteiger partial charge in [0.1, 0.15) is 18.2 Å². The van der Waals surface area contributed by atoms with Gasteiger partial charge >= 0.3 is 0 Å². The molecule has 0 heterocycles. The summed E-state index contributed by atoms with van der Waals surface area (Å²) < 4.78 is 41.6. The standard InChI is InChI=1S/C13H20FNO3S/c1-4-19(16,17)8-7-18-11-5-6-12(10(2)15-3)13(14)9-11/h5-6,9-10,15H,4,7-8H2,1-3H3. The van der Waals surface area contributed by atoms with Crippen molar-refractivity contribution in [3.8, 4) is 5.75 Å². The lowest BCUT2D eigenvalue weighted by Crippen LogP contribution is -2.16. The summed E-state index contributed by atoms with van der Waals surface area (Å²) >= 11 is 0. The summed E-state index contributed by atoms with van der Waals surface area (Å²) in [5.74, 6) is 0.0110. The van der Waals surface area contributed by atoms with Crippen molar-refractivity contribution in [1.82, 2.24) is 5.32 Å². The van der Waals surface area contributed by atoms with E-state index >= 15 is 0 Å². The molecule has 0 radical (unpaired) electrons. The first kappa shape index (κ1) is 15.9. The Labute approximate surface area is 113 Å². The largest absolute Gasteiger partial charge is 0.492 e. The van der Waals surface area contributed by atoms with Crippen molar-refractivity contribution >= 4 is 9.84 Å². The fourth-order valence-corrected chi connectivity index (χ4v) is 2.16. The molecule has 0 saturated heterocycles. The van der Waals surface area contributed by atoms with E-state index in [-0.39, 0.29) is 30.0 Å². The molecule has 0 fully saturated rings. The van der Waals surface area contributed by atoms with Crippen molar-refractivity contribution in [3.05, 3.63) is 29.6 Å². The fraction of sp³-hybridized carbons (Fsp3) is 0.538. The Balaban J connectivity index is 2.64. The second-order valence-electron chi connectivity index (χ2n) is 4.28. The van der Waals surface area contributed by atoms with E-state index in [9.17, 15) is 12.8 Å². The third-order valence-corrected chi connectivity index (χ3v) is 4.64. The topological polar surface area (TPSA) is 55.4 Å². The van der Waals surface area contributed by atoms with Gasteiger partial charge in [0, 0.05) is 23.4 Å². The van der Waals surface area contributed by atoms with Crippen LogP contribution in [0, 0.1) is 5.82 Å². The number of sulfone groups is 1. The SMILES string of the molecule is CCS(=O)(=O)CCOc1ccc(C(C)NC)c(F)c1. The van der Waals surface area contributed by atoms with Gasteiger partial charge in [0.25, 0.3) is 0 Å². The van der Waals surface area contributed by atoms with Gasteiger partial charge in [-0.3, -0.25) is 0 Å². The van der Waals surface area contributed by atoms with E-state index in [2.05, 4.69) is 5.32 Å². The maximum Gasteiger partial charge on any atom is 0.153 e. The highest BCUT2D eigenvalue weighted by molar-refractivity contribution is 7.91. The molecule has 1 aromatic rings. The second-order valence-corrected chi connectivity index (χ2v) is 6.75. The van der Waals surface area contributed by atoms with Crippen LogP contribution in [0.25, 0.3) is 0 Å². The zero-order valence-electron chi connectivity index (χ0n) is 11.4. The van der Waals surface area contributed by atoms with Gasteiger partial charge in [-0.1, -0.05) is 13.0 Å². The summed E-state index contributed by atoms with van der Waals surface area (Å²) in [6, 6.07) is 4.47. The average molecular weight is 289 g/mol. The summed E-state index contributed by atoms with van der Waals surface area (Å²) in [6.45, 7) is 3.48. The molecular weight excluding hydrogens is 269 g/mol. The quantitative estimate of drug-likeness (QED) is 0.833. The minimum absolute atomic E-state index is 0.0382. The zero-order chi connectivity index (χ0) is 14.5. The van der Waals surface area contributed by atoms with Crippen molar-refractivity contribution in [2.24, 2.45) is 0 Å². The van der Waals surface area contributed by atoms with Crippen LogP contribution in [0.3, 0.4) is 0 Å². The number of hydrogen-bond acceptors (Lipinski definition) is 4. The summed E-state index contributed by atoms with van der Waals surface area (Å²) in [5, 5.41) is 2.95. The molecule has 0 amide bonds. The molecule has 1 aromatic carbocycles. The number of ether oxygens (including phenoxy) is 1. The molecule has 1 atom stereocenters. The minimum atomic E-state index is -3.05. The lowest BCUT2D eigenvalue weighted by Gasteiger charge is -2.13. The molecule has 108 valence electrons. The highest BCUT2D eigenvalue weighted by Gasteiger charge is 2.11. The van der Waals surface area contributed by atoms with Gasteiger partial charge in [-0.25, -0.2) is 12.8 Å². The van der Waals surface area contributed by atoms with Crippen LogP contribution < -0.4 is 10.1 Å². The molecule has 1 N–H and O–H groups in total. The Morgan fingerprint density at radius 3 is 2.63 bits per heavy atom. The Morgan fingerprint density at radius 1 is 1.42 bits per heavy atom. The Kier molecular flexibility index (Phi) is 5.75. The molecule has 19 heavy (non-hydrogen) atoms. The van der Waals surface area contributed by atoms with Gasteiger partial charge in [-0.15, -0.1) is 0 Å². The van der Waals surface area contributed by atoms with Gasteiger partial charge < -0.3 is 10.1 Å². The van der Waals surface area contributed by atoms with Crippen molar-refractivity contribution < 1.29 is 17.5 Å². The lowest BCUT2D eigenvalue weighted by atomic mass is 10.1. The predicted octanol–water partition coefficient (Wildman–Crippen LogP) is 1.92. The molecule has 6 heteroatoms. The normalized spacial score (nSPS) is 13.3. The molecule has 4 nitrogen and oxygen atoms in total. The summed E-state index contributed by atoms with van der Waals surface area (Å²) in [4.78, 5) is 0. The van der Waals surface area contributed by atoms with E-state index in [1.54, 1.807) is 26.1 Å². The number of nitrogens with one attached hydrogen (secondary N) is 1. The number of halogens is 1. The Hall–Kier alpha value is -1.14. The van der Waals surface area contributed by atoms with Crippen molar-refractivity contribution in [3.63, 3.8) is 0 Å². The molecule has 0 aromatic heterocycles. The maximum absolute atomic E-state index is 13.8. The smallest absolute Gasteiger partial charge is 0.153 e. The van der Waals surface area contributed by atoms with Crippen LogP contribution in [0.1, 0.15) is 25.5 Å². The molecule has 0 aliphatic rings. The van der Waals surface area contributed by atoms with Crippen molar-refractivity contribution in [2.75, 3.05) is 25.2 Å². The molecule has 0 spiro atoms. The predicted molar refractivity (Wildman–Crippen MR) is 73.7 cm³/mol. The first-order chi connectivity index (χ1) is 8.89. The Bertz CT molecular complexity index is 517. The van der Waals surface area contributed by atoms with Crippen molar-refractivity contribution in [2.45, 2.75) is 19.9 Å². The summed E-state index contributed by atoms with van der Waals surface area (Å²) in [7, 11) is -1.30. The number of benzene rings is 1. The molecule has 1 rings (SSSR count). The van der Waals surface area contributed by atoms with E-state index in [0.29, 0.717) is 11.3 Å². The highest BCUT2D eigenvalue weighted by Crippen LogP contribution is 2.21. The number of hydrogen-bond donors (Lipinski definition) is 1. The van der Waals surface area contributed by atoms with Gasteiger partial charge in [-0.2, -0.15) is 0 Å². The van der Waals surface area contributed by atoms with Gasteiger partial charge in [0.05, 0.1) is 5.75 Å². The minimum Gasteiger partial charge on any atom is -0.492 e. The zero-order valence-corrected chi connectivity index (χ0v) is 12.3. The van der Waals surface area contributed by atoms with E-state index in [1.165, 1.54) is 6.07 Å². The van der Waals surface area contributed by atoms with Gasteiger partial charge in [0.15, 0.2) is 9.84 Å². The highest BCUT2D eigenvalue weighted by atomic mass is 32.2. The molecule has 0 bridgehead atoms. The van der Waals surface area contributed by atoms with Gasteiger partial charge in [0.2, 0.25) is 0 Å². The molecule has 0 aliphatic carbocycles. The third-order valence-electron chi connectivity index (χ3n) is 2.97. The summed E-state index contributed by atoms with van der Waals surface area (Å²) in [6.07, 6.45) is 0. The molecule has 1 unspecified atom stereocenters. The van der Waals surface area contributed by atoms with E-state index in [0.717, 1.165) is 0 Å². The van der Waals surface area contributed by atoms with E-state index < -0.39 is 9.84 Å². The average Bonchev–Trinajstić information content (AvgIpc) is 2.38. The summed E-state index contributed by atoms with van der Waals surface area (Å²) in [5.41, 5.74) is 0.552. The van der Waals surface area contributed by atoms with Crippen LogP contribution in [0.4, 0.5) is 4.39 Å². The molecular formula is C13H20FNO3S. The Morgan fingerprint density at radius 2 is 2.11 bits per heavy atom. The van der Waals surface area contributed by atoms with Crippen LogP contribution in [0.5, 0.6) is 5.75 Å². The molecule has 0 aliphatic heterocycles. The lowest BCUT2D eigenvalue weighted by molar-refractivity contribution is 0.338.